The minimum absolute atomic E-state index is 0.173. The summed E-state index contributed by atoms with van der Waals surface area (Å²) in [6.45, 7) is 4.45. The van der Waals surface area contributed by atoms with Gasteiger partial charge in [-0.1, -0.05) is 6.92 Å². The highest BCUT2D eigenvalue weighted by Crippen LogP contribution is 2.16. The Morgan fingerprint density at radius 1 is 1.53 bits per heavy atom. The molecule has 0 atom stereocenters. The first-order valence-corrected chi connectivity index (χ1v) is 5.01. The summed E-state index contributed by atoms with van der Waals surface area (Å²) < 4.78 is 5.42. The average molecular weight is 208 g/mol. The molecule has 4 heteroatoms. The molecule has 0 aliphatic heterocycles. The summed E-state index contributed by atoms with van der Waals surface area (Å²) in [5, 5.41) is 2.56. The predicted molar refractivity (Wildman–Crippen MR) is 58.2 cm³/mol. The fourth-order valence-electron chi connectivity index (χ4n) is 1.15. The standard InChI is InChI=1S/C11H16N2O2/c1-4-7-15-11-9(10(14)12-3)6-5-8(2)13-11/h5-6H,4,7H2,1-3H3,(H,12,14). The Balaban J connectivity index is 2.97. The number of carbonyl (C=O) groups excluding carboxylic acids is 1. The van der Waals surface area contributed by atoms with Crippen molar-refractivity contribution in [1.29, 1.82) is 0 Å². The molecule has 1 amide bonds. The van der Waals surface area contributed by atoms with Crippen LogP contribution >= 0.6 is 0 Å². The Morgan fingerprint density at radius 3 is 2.87 bits per heavy atom. The zero-order valence-corrected chi connectivity index (χ0v) is 9.33. The maximum atomic E-state index is 11.5. The molecule has 0 unspecified atom stereocenters. The molecule has 0 aliphatic carbocycles. The third-order valence-electron chi connectivity index (χ3n) is 1.91. The van der Waals surface area contributed by atoms with Crippen molar-refractivity contribution >= 4 is 5.91 Å². The summed E-state index contributed by atoms with van der Waals surface area (Å²) in [5.41, 5.74) is 1.32. The van der Waals surface area contributed by atoms with Crippen molar-refractivity contribution in [2.45, 2.75) is 20.3 Å². The Morgan fingerprint density at radius 2 is 2.27 bits per heavy atom. The lowest BCUT2D eigenvalue weighted by molar-refractivity contribution is 0.0958. The molecule has 15 heavy (non-hydrogen) atoms. The van der Waals surface area contributed by atoms with Gasteiger partial charge in [-0.3, -0.25) is 4.79 Å². The first-order valence-electron chi connectivity index (χ1n) is 5.01. The molecular weight excluding hydrogens is 192 g/mol. The highest BCUT2D eigenvalue weighted by atomic mass is 16.5. The van der Waals surface area contributed by atoms with Crippen LogP contribution in [0, 0.1) is 6.92 Å². The van der Waals surface area contributed by atoms with Gasteiger partial charge in [0.25, 0.3) is 5.91 Å². The molecular formula is C11H16N2O2. The van der Waals surface area contributed by atoms with E-state index in [-0.39, 0.29) is 5.91 Å². The number of nitrogens with zero attached hydrogens (tertiary/aromatic N) is 1. The van der Waals surface area contributed by atoms with Gasteiger partial charge in [0, 0.05) is 12.7 Å². The second kappa shape index (κ2) is 5.34. The normalized spacial score (nSPS) is 9.80. The molecule has 0 bridgehead atoms. The van der Waals surface area contributed by atoms with E-state index < -0.39 is 0 Å². The van der Waals surface area contributed by atoms with Gasteiger partial charge in [-0.15, -0.1) is 0 Å². The molecule has 0 aromatic carbocycles. The van der Waals surface area contributed by atoms with Crippen LogP contribution in [-0.2, 0) is 0 Å². The van der Waals surface area contributed by atoms with Crippen LogP contribution in [0.5, 0.6) is 5.88 Å². The van der Waals surface area contributed by atoms with Crippen LogP contribution in [0.4, 0.5) is 0 Å². The van der Waals surface area contributed by atoms with Crippen LogP contribution in [0.3, 0.4) is 0 Å². The average Bonchev–Trinajstić information content (AvgIpc) is 2.25. The van der Waals surface area contributed by atoms with E-state index in [9.17, 15) is 4.79 Å². The van der Waals surface area contributed by atoms with Crippen molar-refractivity contribution in [2.75, 3.05) is 13.7 Å². The zero-order valence-electron chi connectivity index (χ0n) is 9.33. The molecule has 1 aromatic rings. The zero-order chi connectivity index (χ0) is 11.3. The summed E-state index contributed by atoms with van der Waals surface area (Å²) in [7, 11) is 1.59. The molecule has 1 heterocycles. The fraction of sp³-hybridized carbons (Fsp3) is 0.455. The maximum Gasteiger partial charge on any atom is 0.256 e. The number of pyridine rings is 1. The van der Waals surface area contributed by atoms with E-state index in [1.165, 1.54) is 0 Å². The summed E-state index contributed by atoms with van der Waals surface area (Å²) in [6.07, 6.45) is 0.892. The van der Waals surface area contributed by atoms with Crippen molar-refractivity contribution in [2.24, 2.45) is 0 Å². The topological polar surface area (TPSA) is 51.2 Å². The Labute approximate surface area is 89.7 Å². The van der Waals surface area contributed by atoms with Crippen LogP contribution in [0.25, 0.3) is 0 Å². The molecule has 0 radical (unpaired) electrons. The van der Waals surface area contributed by atoms with E-state index in [2.05, 4.69) is 10.3 Å². The van der Waals surface area contributed by atoms with Gasteiger partial charge in [0.05, 0.1) is 6.61 Å². The first-order chi connectivity index (χ1) is 7.19. The molecule has 0 saturated carbocycles. The number of ether oxygens (including phenoxy) is 1. The minimum Gasteiger partial charge on any atom is -0.477 e. The largest absolute Gasteiger partial charge is 0.477 e. The first kappa shape index (κ1) is 11.5. The quantitative estimate of drug-likeness (QED) is 0.816. The fourth-order valence-corrected chi connectivity index (χ4v) is 1.15. The predicted octanol–water partition coefficient (Wildman–Crippen LogP) is 1.54. The number of amides is 1. The minimum atomic E-state index is -0.173. The van der Waals surface area contributed by atoms with Gasteiger partial charge in [-0.05, 0) is 25.5 Å². The van der Waals surface area contributed by atoms with Gasteiger partial charge in [0.1, 0.15) is 5.56 Å². The third kappa shape index (κ3) is 2.94. The van der Waals surface area contributed by atoms with E-state index in [0.29, 0.717) is 18.1 Å². The van der Waals surface area contributed by atoms with Crippen molar-refractivity contribution < 1.29 is 9.53 Å². The third-order valence-corrected chi connectivity index (χ3v) is 1.91. The lowest BCUT2D eigenvalue weighted by Gasteiger charge is -2.09. The molecule has 1 aromatic heterocycles. The van der Waals surface area contributed by atoms with Crippen molar-refractivity contribution in [3.05, 3.63) is 23.4 Å². The van der Waals surface area contributed by atoms with Gasteiger partial charge in [-0.25, -0.2) is 4.98 Å². The van der Waals surface area contributed by atoms with Crippen molar-refractivity contribution in [3.63, 3.8) is 0 Å². The number of rotatable bonds is 4. The Bertz CT molecular complexity index is 350. The van der Waals surface area contributed by atoms with Crippen LogP contribution in [0.15, 0.2) is 12.1 Å². The lowest BCUT2D eigenvalue weighted by Crippen LogP contribution is -2.19. The summed E-state index contributed by atoms with van der Waals surface area (Å²) in [5.74, 6) is 0.241. The molecule has 4 nitrogen and oxygen atoms in total. The van der Waals surface area contributed by atoms with Gasteiger partial charge >= 0.3 is 0 Å². The highest BCUT2D eigenvalue weighted by Gasteiger charge is 2.12. The number of aromatic nitrogens is 1. The van der Waals surface area contributed by atoms with Crippen LogP contribution in [0.2, 0.25) is 0 Å². The highest BCUT2D eigenvalue weighted by molar-refractivity contribution is 5.96. The van der Waals surface area contributed by atoms with E-state index in [4.69, 9.17) is 4.74 Å². The summed E-state index contributed by atoms with van der Waals surface area (Å²) in [4.78, 5) is 15.7. The van der Waals surface area contributed by atoms with Crippen molar-refractivity contribution in [3.8, 4) is 5.88 Å². The number of hydrogen-bond acceptors (Lipinski definition) is 3. The number of carbonyl (C=O) groups is 1. The number of nitrogens with one attached hydrogen (secondary N) is 1. The van der Waals surface area contributed by atoms with Crippen LogP contribution < -0.4 is 10.1 Å². The second-order valence-corrected chi connectivity index (χ2v) is 3.23. The Hall–Kier alpha value is -1.58. The second-order valence-electron chi connectivity index (χ2n) is 3.23. The maximum absolute atomic E-state index is 11.5. The van der Waals surface area contributed by atoms with Crippen molar-refractivity contribution in [1.82, 2.24) is 10.3 Å². The number of hydrogen-bond donors (Lipinski definition) is 1. The molecule has 0 aliphatic rings. The molecule has 1 rings (SSSR count). The molecule has 1 N–H and O–H groups in total. The molecule has 0 fully saturated rings. The Kier molecular flexibility index (Phi) is 4.09. The van der Waals surface area contributed by atoms with Gasteiger partial charge in [0.2, 0.25) is 5.88 Å². The molecule has 0 saturated heterocycles. The molecule has 82 valence electrons. The SMILES string of the molecule is CCCOc1nc(C)ccc1C(=O)NC. The van der Waals surface area contributed by atoms with Crippen LogP contribution in [-0.4, -0.2) is 24.5 Å². The smallest absolute Gasteiger partial charge is 0.256 e. The molecule has 0 spiro atoms. The lowest BCUT2D eigenvalue weighted by atomic mass is 10.2. The van der Waals surface area contributed by atoms with Gasteiger partial charge < -0.3 is 10.1 Å². The monoisotopic (exact) mass is 208 g/mol. The van der Waals surface area contributed by atoms with E-state index in [0.717, 1.165) is 12.1 Å². The van der Waals surface area contributed by atoms with Crippen LogP contribution in [0.1, 0.15) is 29.4 Å². The summed E-state index contributed by atoms with van der Waals surface area (Å²) in [6, 6.07) is 3.52. The summed E-state index contributed by atoms with van der Waals surface area (Å²) >= 11 is 0. The van der Waals surface area contributed by atoms with E-state index in [1.54, 1.807) is 19.2 Å². The van der Waals surface area contributed by atoms with Gasteiger partial charge in [-0.2, -0.15) is 0 Å². The van der Waals surface area contributed by atoms with E-state index in [1.807, 2.05) is 13.8 Å². The number of aryl methyl sites for hydroxylation is 1. The van der Waals surface area contributed by atoms with Gasteiger partial charge in [0.15, 0.2) is 0 Å². The van der Waals surface area contributed by atoms with E-state index >= 15 is 0 Å².